The summed E-state index contributed by atoms with van der Waals surface area (Å²) in [4.78, 5) is 25.7. The van der Waals surface area contributed by atoms with Crippen LogP contribution in [0.4, 0.5) is 4.79 Å². The van der Waals surface area contributed by atoms with Crippen LogP contribution in [0, 0.1) is 0 Å². The van der Waals surface area contributed by atoms with E-state index in [9.17, 15) is 9.59 Å². The average Bonchev–Trinajstić information content (AvgIpc) is 2.61. The second kappa shape index (κ2) is 9.62. The van der Waals surface area contributed by atoms with Crippen LogP contribution in [-0.2, 0) is 16.1 Å². The lowest BCUT2D eigenvalue weighted by atomic mass is 10.1. The van der Waals surface area contributed by atoms with Crippen molar-refractivity contribution in [1.82, 2.24) is 15.5 Å². The maximum absolute atomic E-state index is 12.1. The van der Waals surface area contributed by atoms with Crippen LogP contribution in [0.3, 0.4) is 0 Å². The third kappa shape index (κ3) is 5.63. The monoisotopic (exact) mass is 359 g/mol. The molecule has 1 heterocycles. The van der Waals surface area contributed by atoms with Crippen molar-refractivity contribution in [3.05, 3.63) is 53.8 Å². The van der Waals surface area contributed by atoms with Gasteiger partial charge in [0.1, 0.15) is 12.4 Å². The highest BCUT2D eigenvalue weighted by molar-refractivity contribution is 5.93. The van der Waals surface area contributed by atoms with Crippen LogP contribution in [0.1, 0.15) is 12.5 Å². The summed E-state index contributed by atoms with van der Waals surface area (Å²) in [7, 11) is 1.92. The molecule has 0 bridgehead atoms. The van der Waals surface area contributed by atoms with E-state index in [1.165, 1.54) is 0 Å². The summed E-state index contributed by atoms with van der Waals surface area (Å²) < 4.78 is 10.5. The van der Waals surface area contributed by atoms with Crippen molar-refractivity contribution < 1.29 is 19.1 Å². The molecule has 1 aliphatic rings. The van der Waals surface area contributed by atoms with E-state index in [4.69, 9.17) is 9.47 Å². The van der Waals surface area contributed by atoms with Crippen molar-refractivity contribution in [3.8, 4) is 5.75 Å². The predicted molar refractivity (Wildman–Crippen MR) is 98.7 cm³/mol. The van der Waals surface area contributed by atoms with Gasteiger partial charge in [0.05, 0.1) is 18.7 Å². The number of nitrogens with one attached hydrogen (secondary N) is 2. The predicted octanol–water partition coefficient (Wildman–Crippen LogP) is 1.81. The van der Waals surface area contributed by atoms with Crippen LogP contribution in [0.15, 0.2) is 48.2 Å². The van der Waals surface area contributed by atoms with Crippen LogP contribution in [0.5, 0.6) is 5.75 Å². The Morgan fingerprint density at radius 1 is 1.31 bits per heavy atom. The maximum atomic E-state index is 12.1. The number of hydrogen-bond donors (Lipinski definition) is 2. The first kappa shape index (κ1) is 19.5. The Labute approximate surface area is 153 Å². The first-order valence-corrected chi connectivity index (χ1v) is 8.48. The summed E-state index contributed by atoms with van der Waals surface area (Å²) in [6, 6.07) is 7.46. The molecule has 0 aliphatic carbocycles. The average molecular weight is 359 g/mol. The molecule has 2 N–H and O–H groups in total. The lowest BCUT2D eigenvalue weighted by Gasteiger charge is -2.25. The number of urea groups is 1. The van der Waals surface area contributed by atoms with Gasteiger partial charge in [-0.2, -0.15) is 0 Å². The van der Waals surface area contributed by atoms with Gasteiger partial charge in [-0.1, -0.05) is 24.8 Å². The van der Waals surface area contributed by atoms with Gasteiger partial charge < -0.3 is 20.1 Å². The van der Waals surface area contributed by atoms with E-state index in [0.29, 0.717) is 37.6 Å². The van der Waals surface area contributed by atoms with Crippen molar-refractivity contribution in [1.29, 1.82) is 0 Å². The van der Waals surface area contributed by atoms with E-state index in [2.05, 4.69) is 17.2 Å². The van der Waals surface area contributed by atoms with E-state index in [-0.39, 0.29) is 12.6 Å². The highest BCUT2D eigenvalue weighted by Gasteiger charge is 2.24. The van der Waals surface area contributed by atoms with Crippen LogP contribution in [-0.4, -0.2) is 50.3 Å². The smallest absolute Gasteiger partial charge is 0.337 e. The van der Waals surface area contributed by atoms with Gasteiger partial charge in [-0.3, -0.25) is 4.90 Å². The van der Waals surface area contributed by atoms with Crippen molar-refractivity contribution in [2.75, 3.05) is 33.4 Å². The van der Waals surface area contributed by atoms with E-state index in [1.807, 2.05) is 36.2 Å². The van der Waals surface area contributed by atoms with Crippen LogP contribution >= 0.6 is 0 Å². The molecule has 2 amide bonds. The van der Waals surface area contributed by atoms with Crippen molar-refractivity contribution in [2.24, 2.45) is 0 Å². The Kier molecular flexibility index (Phi) is 7.23. The first-order valence-electron chi connectivity index (χ1n) is 8.48. The van der Waals surface area contributed by atoms with Crippen LogP contribution < -0.4 is 15.4 Å². The molecule has 7 nitrogen and oxygen atoms in total. The van der Waals surface area contributed by atoms with Gasteiger partial charge in [-0.15, -0.1) is 0 Å². The fourth-order valence-corrected chi connectivity index (χ4v) is 2.56. The summed E-state index contributed by atoms with van der Waals surface area (Å²) in [6.07, 6.45) is 1.70. The molecule has 0 fully saturated rings. The summed E-state index contributed by atoms with van der Waals surface area (Å²) >= 11 is 0. The molecule has 0 unspecified atom stereocenters. The Morgan fingerprint density at radius 2 is 2.04 bits per heavy atom. The van der Waals surface area contributed by atoms with Crippen molar-refractivity contribution in [3.63, 3.8) is 0 Å². The number of carbonyl (C=O) groups is 2. The van der Waals surface area contributed by atoms with Gasteiger partial charge in [0.15, 0.2) is 0 Å². The van der Waals surface area contributed by atoms with Gasteiger partial charge in [-0.05, 0) is 31.7 Å². The second-order valence-corrected chi connectivity index (χ2v) is 5.90. The third-order valence-electron chi connectivity index (χ3n) is 3.75. The molecule has 0 spiro atoms. The van der Waals surface area contributed by atoms with Gasteiger partial charge in [0.25, 0.3) is 0 Å². The summed E-state index contributed by atoms with van der Waals surface area (Å²) in [5.41, 5.74) is 2.11. The molecule has 0 radical (unpaired) electrons. The molecular weight excluding hydrogens is 334 g/mol. The molecule has 1 aliphatic heterocycles. The van der Waals surface area contributed by atoms with Crippen LogP contribution in [0.25, 0.3) is 0 Å². The van der Waals surface area contributed by atoms with Crippen molar-refractivity contribution in [2.45, 2.75) is 13.5 Å². The number of benzene rings is 1. The van der Waals surface area contributed by atoms with Gasteiger partial charge >= 0.3 is 12.0 Å². The molecular formula is C19H25N3O4. The summed E-state index contributed by atoms with van der Waals surface area (Å²) in [6.45, 7) is 7.39. The fraction of sp³-hybridized carbons (Fsp3) is 0.368. The number of ether oxygens (including phenoxy) is 2. The molecule has 0 atom stereocenters. The number of nitrogens with zero attached hydrogens (tertiary/aromatic N) is 1. The molecule has 140 valence electrons. The summed E-state index contributed by atoms with van der Waals surface area (Å²) in [5.74, 6) is 0.376. The van der Waals surface area contributed by atoms with Gasteiger partial charge in [0.2, 0.25) is 0 Å². The quantitative estimate of drug-likeness (QED) is 0.519. The molecule has 26 heavy (non-hydrogen) atoms. The second-order valence-electron chi connectivity index (χ2n) is 5.90. The highest BCUT2D eigenvalue weighted by Crippen LogP contribution is 2.15. The number of esters is 1. The minimum absolute atomic E-state index is 0.170. The lowest BCUT2D eigenvalue weighted by Crippen LogP contribution is -2.46. The van der Waals surface area contributed by atoms with Crippen LogP contribution in [0.2, 0.25) is 0 Å². The fourth-order valence-electron chi connectivity index (χ4n) is 2.56. The van der Waals surface area contributed by atoms with E-state index >= 15 is 0 Å². The van der Waals surface area contributed by atoms with E-state index < -0.39 is 5.97 Å². The molecule has 0 saturated heterocycles. The van der Waals surface area contributed by atoms with E-state index in [1.54, 1.807) is 13.0 Å². The number of carbonyl (C=O) groups excluding carboxylic acids is 2. The normalized spacial score (nSPS) is 13.9. The number of rotatable bonds is 9. The number of amides is 2. The summed E-state index contributed by atoms with van der Waals surface area (Å²) in [5, 5.41) is 5.31. The largest absolute Gasteiger partial charge is 0.490 e. The Bertz CT molecular complexity index is 683. The maximum Gasteiger partial charge on any atom is 0.337 e. The first-order chi connectivity index (χ1) is 12.5. The Morgan fingerprint density at radius 3 is 2.69 bits per heavy atom. The Hall–Kier alpha value is -2.80. The topological polar surface area (TPSA) is 79.9 Å². The number of hydrogen-bond acceptors (Lipinski definition) is 5. The minimum atomic E-state index is -0.410. The highest BCUT2D eigenvalue weighted by atomic mass is 16.5. The molecule has 0 saturated carbocycles. The lowest BCUT2D eigenvalue weighted by molar-refractivity contribution is -0.138. The molecule has 2 rings (SSSR count). The third-order valence-corrected chi connectivity index (χ3v) is 3.75. The zero-order valence-electron chi connectivity index (χ0n) is 15.2. The Balaban J connectivity index is 2.01. The number of likely N-dealkylation sites (N-methyl/N-ethyl adjacent to an activating group) is 1. The molecule has 1 aromatic carbocycles. The van der Waals surface area contributed by atoms with Gasteiger partial charge in [-0.25, -0.2) is 9.59 Å². The zero-order chi connectivity index (χ0) is 18.9. The molecule has 1 aromatic rings. The molecule has 0 aromatic heterocycles. The van der Waals surface area contributed by atoms with Crippen molar-refractivity contribution >= 4 is 12.0 Å². The minimum Gasteiger partial charge on any atom is -0.490 e. The standard InChI is InChI=1S/C19H25N3O4/c1-4-10-26-15-8-6-14(7-9-15)12-22(3)13-17-16(18(23)25-5-2)11-20-19(24)21-17/h4,6-9H,1,5,10-13H2,2-3H3,(H2,20,21,24). The van der Waals surface area contributed by atoms with E-state index in [0.717, 1.165) is 11.3 Å². The van der Waals surface area contributed by atoms with Gasteiger partial charge in [0, 0.05) is 18.8 Å². The molecule has 7 heteroatoms. The zero-order valence-corrected chi connectivity index (χ0v) is 15.2. The SMILES string of the molecule is C=CCOc1ccc(CN(C)CC2=C(C(=O)OCC)CNC(=O)N2)cc1.